The predicted molar refractivity (Wildman–Crippen MR) is 75.3 cm³/mol. The summed E-state index contributed by atoms with van der Waals surface area (Å²) < 4.78 is 18.4. The number of carbonyl (C=O) groups is 1. The Morgan fingerprint density at radius 3 is 2.91 bits per heavy atom. The van der Waals surface area contributed by atoms with Crippen LogP contribution in [0.15, 0.2) is 17.3 Å². The lowest BCUT2D eigenvalue weighted by molar-refractivity contribution is -0.387. The molecule has 0 saturated heterocycles. The van der Waals surface area contributed by atoms with E-state index in [1.807, 2.05) is 0 Å². The molecule has 0 spiro atoms. The summed E-state index contributed by atoms with van der Waals surface area (Å²) in [6.45, 7) is 3.31. The van der Waals surface area contributed by atoms with Crippen LogP contribution < -0.4 is 0 Å². The maximum absolute atomic E-state index is 13.5. The monoisotopic (exact) mass is 330 g/mol. The number of nitro groups is 1. The number of carbonyl (C=O) groups excluding carboxylic acids is 1. The van der Waals surface area contributed by atoms with Crippen molar-refractivity contribution in [2.24, 2.45) is 5.16 Å². The van der Waals surface area contributed by atoms with Crippen LogP contribution >= 0.6 is 11.6 Å². The van der Waals surface area contributed by atoms with Crippen molar-refractivity contribution < 1.29 is 23.7 Å². The van der Waals surface area contributed by atoms with Gasteiger partial charge in [0.15, 0.2) is 0 Å². The minimum Gasteiger partial charge on any atom is -0.463 e. The van der Waals surface area contributed by atoms with E-state index in [9.17, 15) is 19.3 Å². The maximum Gasteiger partial charge on any atom is 0.353 e. The molecule has 22 heavy (non-hydrogen) atoms. The molecule has 118 valence electrons. The average Bonchev–Trinajstić information content (AvgIpc) is 2.82. The van der Waals surface area contributed by atoms with Gasteiger partial charge in [-0.25, -0.2) is 4.79 Å². The van der Waals surface area contributed by atoms with Gasteiger partial charge in [0.25, 0.3) is 0 Å². The lowest BCUT2D eigenvalue weighted by Crippen LogP contribution is -2.37. The minimum absolute atomic E-state index is 0.00827. The zero-order chi connectivity index (χ0) is 16.5. The van der Waals surface area contributed by atoms with E-state index in [-0.39, 0.29) is 29.3 Å². The van der Waals surface area contributed by atoms with Crippen molar-refractivity contribution >= 4 is 29.0 Å². The Bertz CT molecular complexity index is 679. The third-order valence-electron chi connectivity index (χ3n) is 3.11. The zero-order valence-electron chi connectivity index (χ0n) is 11.8. The molecule has 0 aromatic heterocycles. The summed E-state index contributed by atoms with van der Waals surface area (Å²) in [6.07, 6.45) is 0.00827. The van der Waals surface area contributed by atoms with Crippen LogP contribution in [0.2, 0.25) is 5.02 Å². The SMILES string of the molecule is CCOC(=O)C1(C)CC(c2cc([N+](=O)[O-])c(F)cc2Cl)=NO1. The third kappa shape index (κ3) is 2.87. The highest BCUT2D eigenvalue weighted by molar-refractivity contribution is 6.34. The molecular formula is C13H12ClFN2O5. The summed E-state index contributed by atoms with van der Waals surface area (Å²) in [6, 6.07) is 1.80. The molecule has 9 heteroatoms. The van der Waals surface area contributed by atoms with Crippen molar-refractivity contribution in [2.75, 3.05) is 6.61 Å². The number of oxime groups is 1. The highest BCUT2D eigenvalue weighted by atomic mass is 35.5. The van der Waals surface area contributed by atoms with Gasteiger partial charge in [-0.2, -0.15) is 4.39 Å². The number of hydrogen-bond acceptors (Lipinski definition) is 6. The first-order valence-electron chi connectivity index (χ1n) is 6.34. The summed E-state index contributed by atoms with van der Waals surface area (Å²) >= 11 is 5.90. The van der Waals surface area contributed by atoms with Gasteiger partial charge >= 0.3 is 11.7 Å². The standard InChI is InChI=1S/C13H12ClFN2O5/c1-3-21-12(18)13(2)6-10(16-22-13)7-4-11(17(19)20)9(15)5-8(7)14/h4-5H,3,6H2,1-2H3. The molecule has 0 bridgehead atoms. The van der Waals surface area contributed by atoms with Crippen LogP contribution in [0.1, 0.15) is 25.8 Å². The number of nitrogens with zero attached hydrogens (tertiary/aromatic N) is 2. The van der Waals surface area contributed by atoms with Gasteiger partial charge in [-0.05, 0) is 13.8 Å². The fraction of sp³-hybridized carbons (Fsp3) is 0.385. The van der Waals surface area contributed by atoms with Gasteiger partial charge in [0.1, 0.15) is 0 Å². The van der Waals surface area contributed by atoms with Crippen molar-refractivity contribution in [3.8, 4) is 0 Å². The highest BCUT2D eigenvalue weighted by Gasteiger charge is 2.44. The van der Waals surface area contributed by atoms with E-state index in [0.29, 0.717) is 0 Å². The number of nitro benzene ring substituents is 1. The number of hydrogen-bond donors (Lipinski definition) is 0. The minimum atomic E-state index is -1.34. The Hall–Kier alpha value is -2.22. The molecule has 1 aromatic carbocycles. The molecule has 0 fully saturated rings. The van der Waals surface area contributed by atoms with Gasteiger partial charge in [-0.1, -0.05) is 16.8 Å². The van der Waals surface area contributed by atoms with Gasteiger partial charge in [0.2, 0.25) is 11.4 Å². The second kappa shape index (κ2) is 5.88. The topological polar surface area (TPSA) is 91.0 Å². The molecule has 0 aliphatic carbocycles. The van der Waals surface area contributed by atoms with Crippen LogP contribution in [-0.2, 0) is 14.4 Å². The summed E-state index contributed by atoms with van der Waals surface area (Å²) in [5.41, 5.74) is -1.71. The van der Waals surface area contributed by atoms with Crippen molar-refractivity contribution in [1.29, 1.82) is 0 Å². The summed E-state index contributed by atoms with van der Waals surface area (Å²) in [5.74, 6) is -1.66. The van der Waals surface area contributed by atoms with Gasteiger partial charge in [-0.15, -0.1) is 0 Å². The molecular weight excluding hydrogens is 319 g/mol. The van der Waals surface area contributed by atoms with Gasteiger partial charge in [0.05, 0.1) is 22.3 Å². The number of rotatable bonds is 4. The number of ether oxygens (including phenoxy) is 1. The Kier molecular flexibility index (Phi) is 4.32. The Morgan fingerprint density at radius 2 is 2.32 bits per heavy atom. The summed E-state index contributed by atoms with van der Waals surface area (Å²) in [5, 5.41) is 14.5. The maximum atomic E-state index is 13.5. The van der Waals surface area contributed by atoms with E-state index in [1.54, 1.807) is 6.92 Å². The Balaban J connectivity index is 2.33. The quantitative estimate of drug-likeness (QED) is 0.481. The molecule has 1 unspecified atom stereocenters. The molecule has 7 nitrogen and oxygen atoms in total. The van der Waals surface area contributed by atoms with Crippen LogP contribution in [0.4, 0.5) is 10.1 Å². The summed E-state index contributed by atoms with van der Waals surface area (Å²) in [4.78, 5) is 26.9. The van der Waals surface area contributed by atoms with Crippen molar-refractivity contribution in [1.82, 2.24) is 0 Å². The van der Waals surface area contributed by atoms with Crippen LogP contribution in [0.25, 0.3) is 0 Å². The first kappa shape index (κ1) is 16.2. The van der Waals surface area contributed by atoms with E-state index in [1.165, 1.54) is 6.92 Å². The normalized spacial score (nSPS) is 20.3. The lowest BCUT2D eigenvalue weighted by atomic mass is 9.95. The lowest BCUT2D eigenvalue weighted by Gasteiger charge is -2.18. The number of halogens is 2. The second-order valence-corrected chi connectivity index (χ2v) is 5.21. The first-order chi connectivity index (χ1) is 10.3. The van der Waals surface area contributed by atoms with E-state index in [4.69, 9.17) is 21.2 Å². The molecule has 1 aliphatic heterocycles. The fourth-order valence-corrected chi connectivity index (χ4v) is 2.24. The van der Waals surface area contributed by atoms with Gasteiger partial charge in [-0.3, -0.25) is 10.1 Å². The van der Waals surface area contributed by atoms with E-state index < -0.39 is 28.0 Å². The van der Waals surface area contributed by atoms with Gasteiger partial charge < -0.3 is 9.57 Å². The molecule has 1 heterocycles. The van der Waals surface area contributed by atoms with Crippen molar-refractivity contribution in [2.45, 2.75) is 25.9 Å². The molecule has 0 N–H and O–H groups in total. The molecule has 0 amide bonds. The molecule has 1 atom stereocenters. The van der Waals surface area contributed by atoms with Crippen LogP contribution in [0.5, 0.6) is 0 Å². The molecule has 2 rings (SSSR count). The molecule has 0 saturated carbocycles. The van der Waals surface area contributed by atoms with Crippen LogP contribution in [0, 0.1) is 15.9 Å². The van der Waals surface area contributed by atoms with Crippen LogP contribution in [0.3, 0.4) is 0 Å². The van der Waals surface area contributed by atoms with Crippen molar-refractivity contribution in [3.05, 3.63) is 38.7 Å². The largest absolute Gasteiger partial charge is 0.463 e. The fourth-order valence-electron chi connectivity index (χ4n) is 1.98. The summed E-state index contributed by atoms with van der Waals surface area (Å²) in [7, 11) is 0. The first-order valence-corrected chi connectivity index (χ1v) is 6.72. The zero-order valence-corrected chi connectivity index (χ0v) is 12.5. The van der Waals surface area contributed by atoms with Gasteiger partial charge in [0, 0.05) is 24.1 Å². The second-order valence-electron chi connectivity index (χ2n) is 4.80. The number of benzene rings is 1. The molecule has 1 aromatic rings. The van der Waals surface area contributed by atoms with E-state index in [0.717, 1.165) is 12.1 Å². The van der Waals surface area contributed by atoms with Crippen LogP contribution in [-0.4, -0.2) is 28.8 Å². The highest BCUT2D eigenvalue weighted by Crippen LogP contribution is 2.33. The smallest absolute Gasteiger partial charge is 0.353 e. The van der Waals surface area contributed by atoms with Crippen molar-refractivity contribution in [3.63, 3.8) is 0 Å². The van der Waals surface area contributed by atoms with E-state index >= 15 is 0 Å². The average molecular weight is 331 g/mol. The Morgan fingerprint density at radius 1 is 1.64 bits per heavy atom. The Labute approximate surface area is 129 Å². The molecule has 1 aliphatic rings. The third-order valence-corrected chi connectivity index (χ3v) is 3.43. The van der Waals surface area contributed by atoms with E-state index in [2.05, 4.69) is 5.16 Å². The predicted octanol–water partition coefficient (Wildman–Crippen LogP) is 2.83. The molecule has 0 radical (unpaired) electrons. The number of esters is 1.